The van der Waals surface area contributed by atoms with Gasteiger partial charge in [0.1, 0.15) is 32.9 Å². The highest BCUT2D eigenvalue weighted by Crippen LogP contribution is 2.43. The van der Waals surface area contributed by atoms with Gasteiger partial charge in [0.2, 0.25) is 5.89 Å². The predicted molar refractivity (Wildman–Crippen MR) is 318 cm³/mol. The summed E-state index contributed by atoms with van der Waals surface area (Å²) in [4.78, 5) is 39.1. The van der Waals surface area contributed by atoms with Gasteiger partial charge >= 0.3 is 0 Å². The Bertz CT molecular complexity index is 4470. The van der Waals surface area contributed by atoms with Crippen molar-refractivity contribution in [1.82, 2.24) is 39.9 Å². The molecule has 0 saturated carbocycles. The van der Waals surface area contributed by atoms with Gasteiger partial charge in [-0.15, -0.1) is 11.3 Å². The second kappa shape index (κ2) is 19.6. The Kier molecular flexibility index (Phi) is 11.4. The Balaban J connectivity index is 0.000000138. The molecule has 6 aromatic heterocycles. The van der Waals surface area contributed by atoms with Gasteiger partial charge in [-0.25, -0.2) is 39.9 Å². The number of para-hydroxylation sites is 5. The maximum atomic E-state index is 6.52. The molecule has 0 atom stereocenters. The van der Waals surface area contributed by atoms with Gasteiger partial charge in [0.25, 0.3) is 0 Å². The average molecular weight is 1050 g/mol. The summed E-state index contributed by atoms with van der Waals surface area (Å²) in [6, 6.07) is 80.2. The first kappa shape index (κ1) is 46.5. The fraction of sp³-hybridized carbons (Fsp3) is 0. The van der Waals surface area contributed by atoms with Crippen molar-refractivity contribution < 1.29 is 13.3 Å². The number of hydrogen-bond acceptors (Lipinski definition) is 12. The highest BCUT2D eigenvalue weighted by Gasteiger charge is 2.23. The average Bonchev–Trinajstić information content (AvgIpc) is 4.42. The third-order valence-electron chi connectivity index (χ3n) is 14.0. The van der Waals surface area contributed by atoms with Crippen LogP contribution in [0.3, 0.4) is 0 Å². The number of furan rings is 2. The van der Waals surface area contributed by atoms with Crippen LogP contribution in [0.15, 0.2) is 256 Å². The molecule has 0 aliphatic carbocycles. The molecule has 0 radical (unpaired) electrons. The molecule has 0 unspecified atom stereocenters. The third kappa shape index (κ3) is 8.40. The number of benzene rings is 10. The number of rotatable bonds is 8. The van der Waals surface area contributed by atoms with Gasteiger partial charge in [-0.3, -0.25) is 0 Å². The van der Waals surface area contributed by atoms with Crippen LogP contribution in [-0.2, 0) is 0 Å². The highest BCUT2D eigenvalue weighted by atomic mass is 32.1. The fourth-order valence-corrected chi connectivity index (χ4v) is 11.2. The molecule has 376 valence electrons. The van der Waals surface area contributed by atoms with Gasteiger partial charge in [-0.05, 0) is 48.5 Å². The Morgan fingerprint density at radius 3 is 1.14 bits per heavy atom. The SMILES string of the molecule is c1ccc(-c2nc(-c3ccccc3)nc(-c3cccc4oc5c(-c6nc7ccccc7o6)cccc5c34)n2)cc1.c1ccc(-c2nc(-c3ccccc3)nc(-c3cccc4oc5c(-c6nc7ccccc7s6)cccc5c34)n2)cc1. The lowest BCUT2D eigenvalue weighted by Crippen LogP contribution is -2.00. The standard InChI is InChI=1S/C34H20N4O2.C34H20N4OS/c1-3-11-21(12-4-1)31-36-32(22-13-5-2-6-14-22)38-33(37-31)24-16-10-20-28-29(24)23-15-9-17-25(30(23)39-28)34-35-26-18-7-8-19-27(26)40-34;1-3-11-21(12-4-1)31-36-32(22-13-5-2-6-14-22)38-33(37-31)24-16-10-19-27-29(24)23-15-9-17-25(30(23)39-27)34-35-26-18-7-8-20-28(26)40-34/h2*1-20H. The van der Waals surface area contributed by atoms with Crippen LogP contribution in [0.4, 0.5) is 0 Å². The van der Waals surface area contributed by atoms with Gasteiger partial charge in [0, 0.05) is 54.9 Å². The van der Waals surface area contributed by atoms with Crippen LogP contribution < -0.4 is 0 Å². The minimum Gasteiger partial charge on any atom is -0.455 e. The molecule has 0 spiro atoms. The first-order valence-corrected chi connectivity index (χ1v) is 26.8. The number of aromatic nitrogens is 8. The smallest absolute Gasteiger partial charge is 0.231 e. The third-order valence-corrected chi connectivity index (χ3v) is 15.0. The second-order valence-electron chi connectivity index (χ2n) is 19.0. The largest absolute Gasteiger partial charge is 0.455 e. The highest BCUT2D eigenvalue weighted by molar-refractivity contribution is 7.21. The summed E-state index contributed by atoms with van der Waals surface area (Å²) in [5.74, 6) is 4.18. The molecule has 0 amide bonds. The Morgan fingerprint density at radius 2 is 0.650 bits per heavy atom. The molecule has 0 aliphatic rings. The number of fused-ring (bicyclic) bond motifs is 8. The molecule has 0 fully saturated rings. The molecular formula is C68H40N8O3S. The molecule has 0 N–H and O–H groups in total. The molecule has 12 heteroatoms. The minimum atomic E-state index is 0.519. The normalized spacial score (nSPS) is 11.5. The summed E-state index contributed by atoms with van der Waals surface area (Å²) in [7, 11) is 0. The number of oxazole rings is 1. The molecule has 11 nitrogen and oxygen atoms in total. The van der Waals surface area contributed by atoms with Crippen molar-refractivity contribution in [2.75, 3.05) is 0 Å². The summed E-state index contributed by atoms with van der Waals surface area (Å²) in [6.45, 7) is 0. The number of hydrogen-bond donors (Lipinski definition) is 0. The van der Waals surface area contributed by atoms with Gasteiger partial charge in [-0.1, -0.05) is 194 Å². The molecule has 0 bridgehead atoms. The van der Waals surface area contributed by atoms with E-state index in [4.69, 9.17) is 53.1 Å². The Labute approximate surface area is 460 Å². The van der Waals surface area contributed by atoms with E-state index in [1.54, 1.807) is 11.3 Å². The first-order valence-electron chi connectivity index (χ1n) is 26.0. The Morgan fingerprint density at radius 1 is 0.263 bits per heavy atom. The summed E-state index contributed by atoms with van der Waals surface area (Å²) in [5.41, 5.74) is 12.8. The van der Waals surface area contributed by atoms with E-state index in [2.05, 4.69) is 30.3 Å². The van der Waals surface area contributed by atoms with E-state index in [0.29, 0.717) is 46.4 Å². The van der Waals surface area contributed by atoms with Crippen molar-refractivity contribution in [2.24, 2.45) is 0 Å². The lowest BCUT2D eigenvalue weighted by molar-refractivity contribution is 0.615. The van der Waals surface area contributed by atoms with E-state index >= 15 is 0 Å². The monoisotopic (exact) mass is 1050 g/mol. The van der Waals surface area contributed by atoms with Gasteiger partial charge in [0.05, 0.1) is 21.3 Å². The van der Waals surface area contributed by atoms with Crippen molar-refractivity contribution in [3.05, 3.63) is 243 Å². The van der Waals surface area contributed by atoms with E-state index in [9.17, 15) is 0 Å². The quantitative estimate of drug-likeness (QED) is 0.143. The van der Waals surface area contributed by atoms with Crippen LogP contribution in [0.5, 0.6) is 0 Å². The molecule has 6 heterocycles. The van der Waals surface area contributed by atoms with E-state index in [1.807, 2.05) is 212 Å². The molecule has 0 saturated heterocycles. The zero-order valence-electron chi connectivity index (χ0n) is 42.3. The topological polar surface area (TPSA) is 143 Å². The zero-order chi connectivity index (χ0) is 52.9. The van der Waals surface area contributed by atoms with E-state index in [0.717, 1.165) is 109 Å². The molecule has 16 rings (SSSR count). The fourth-order valence-electron chi connectivity index (χ4n) is 10.2. The van der Waals surface area contributed by atoms with E-state index in [1.165, 1.54) is 0 Å². The second-order valence-corrected chi connectivity index (χ2v) is 20.0. The lowest BCUT2D eigenvalue weighted by Gasteiger charge is -2.09. The van der Waals surface area contributed by atoms with Crippen molar-refractivity contribution in [3.8, 4) is 90.4 Å². The summed E-state index contributed by atoms with van der Waals surface area (Å²) >= 11 is 1.67. The van der Waals surface area contributed by atoms with Crippen molar-refractivity contribution in [3.63, 3.8) is 0 Å². The summed E-state index contributed by atoms with van der Waals surface area (Å²) in [6.07, 6.45) is 0. The van der Waals surface area contributed by atoms with Crippen LogP contribution in [0.1, 0.15) is 0 Å². The van der Waals surface area contributed by atoms with Gasteiger partial charge < -0.3 is 13.3 Å². The molecule has 0 aliphatic heterocycles. The van der Waals surface area contributed by atoms with Crippen LogP contribution >= 0.6 is 11.3 Å². The van der Waals surface area contributed by atoms with Crippen LogP contribution in [-0.4, -0.2) is 39.9 Å². The van der Waals surface area contributed by atoms with Crippen molar-refractivity contribution in [1.29, 1.82) is 0 Å². The first-order chi connectivity index (χ1) is 39.6. The maximum absolute atomic E-state index is 6.52. The summed E-state index contributed by atoms with van der Waals surface area (Å²) in [5, 5.41) is 4.79. The maximum Gasteiger partial charge on any atom is 0.231 e. The van der Waals surface area contributed by atoms with Crippen molar-refractivity contribution in [2.45, 2.75) is 0 Å². The van der Waals surface area contributed by atoms with Gasteiger partial charge in [-0.2, -0.15) is 0 Å². The number of nitrogens with zero attached hydrogens (tertiary/aromatic N) is 8. The minimum absolute atomic E-state index is 0.519. The predicted octanol–water partition coefficient (Wildman–Crippen LogP) is 17.6. The van der Waals surface area contributed by atoms with Crippen molar-refractivity contribution >= 4 is 76.5 Å². The molecule has 10 aromatic carbocycles. The van der Waals surface area contributed by atoms with Crippen LogP contribution in [0.25, 0.3) is 156 Å². The van der Waals surface area contributed by atoms with Crippen LogP contribution in [0, 0.1) is 0 Å². The molecular weight excluding hydrogens is 1010 g/mol. The molecule has 16 aromatic rings. The van der Waals surface area contributed by atoms with E-state index in [-0.39, 0.29) is 0 Å². The zero-order valence-corrected chi connectivity index (χ0v) is 43.1. The summed E-state index contributed by atoms with van der Waals surface area (Å²) < 4.78 is 20.2. The number of thiazole rings is 1. The van der Waals surface area contributed by atoms with E-state index < -0.39 is 0 Å². The molecule has 80 heavy (non-hydrogen) atoms. The van der Waals surface area contributed by atoms with Crippen LogP contribution in [0.2, 0.25) is 0 Å². The van der Waals surface area contributed by atoms with Gasteiger partial charge in [0.15, 0.2) is 40.5 Å². The Hall–Kier alpha value is -10.8. The lowest BCUT2D eigenvalue weighted by atomic mass is 10.0.